The molecule has 0 fully saturated rings. The van der Waals surface area contributed by atoms with E-state index in [2.05, 4.69) is 0 Å². The Balaban J connectivity index is 2.43. The van der Waals surface area contributed by atoms with E-state index in [9.17, 15) is 14.9 Å². The first-order valence-corrected chi connectivity index (χ1v) is 6.13. The van der Waals surface area contributed by atoms with Crippen LogP contribution in [0, 0.1) is 10.1 Å². The smallest absolute Gasteiger partial charge is 0.280 e. The third-order valence-electron chi connectivity index (χ3n) is 2.79. The summed E-state index contributed by atoms with van der Waals surface area (Å²) in [6, 6.07) is 12.4. The summed E-state index contributed by atoms with van der Waals surface area (Å²) >= 11 is 0. The minimum Gasteiger partial charge on any atom is -0.468 e. The molecule has 2 aromatic rings. The molecule has 0 unspecified atom stereocenters. The van der Waals surface area contributed by atoms with Crippen LogP contribution in [0.25, 0.3) is 0 Å². The standard InChI is InChI=1S/C15H13NO5/c1-20-10-21-12-7-8-14(16(18)19)13(9-12)15(17)11-5-3-2-4-6-11/h2-9H,10H2,1H3. The summed E-state index contributed by atoms with van der Waals surface area (Å²) in [5.74, 6) is -0.0908. The third-order valence-corrected chi connectivity index (χ3v) is 2.79. The average Bonchev–Trinajstić information content (AvgIpc) is 2.52. The molecule has 0 aliphatic carbocycles. The number of hydrogen-bond donors (Lipinski definition) is 0. The average molecular weight is 287 g/mol. The maximum Gasteiger partial charge on any atom is 0.280 e. The molecule has 0 saturated heterocycles. The molecule has 0 radical (unpaired) electrons. The highest BCUT2D eigenvalue weighted by Crippen LogP contribution is 2.26. The molecule has 6 heteroatoms. The summed E-state index contributed by atoms with van der Waals surface area (Å²) in [7, 11) is 1.46. The van der Waals surface area contributed by atoms with Crippen molar-refractivity contribution in [2.75, 3.05) is 13.9 Å². The van der Waals surface area contributed by atoms with Gasteiger partial charge < -0.3 is 9.47 Å². The number of methoxy groups -OCH3 is 1. The van der Waals surface area contributed by atoms with Crippen LogP contribution in [0.5, 0.6) is 5.75 Å². The zero-order chi connectivity index (χ0) is 15.2. The van der Waals surface area contributed by atoms with Crippen molar-refractivity contribution in [3.63, 3.8) is 0 Å². The van der Waals surface area contributed by atoms with Crippen LogP contribution in [0.15, 0.2) is 48.5 Å². The van der Waals surface area contributed by atoms with Crippen LogP contribution in [0.1, 0.15) is 15.9 Å². The minimum absolute atomic E-state index is 0.00320. The van der Waals surface area contributed by atoms with Crippen LogP contribution >= 0.6 is 0 Å². The molecule has 0 heterocycles. The first kappa shape index (κ1) is 14.7. The number of nitro benzene ring substituents is 1. The van der Waals surface area contributed by atoms with E-state index in [1.54, 1.807) is 30.3 Å². The molecule has 2 rings (SSSR count). The molecule has 0 aliphatic heterocycles. The van der Waals surface area contributed by atoms with E-state index >= 15 is 0 Å². The molecule has 0 bridgehead atoms. The van der Waals surface area contributed by atoms with Gasteiger partial charge in [-0.1, -0.05) is 30.3 Å². The molecule has 0 atom stereocenters. The molecule has 6 nitrogen and oxygen atoms in total. The van der Waals surface area contributed by atoms with E-state index in [4.69, 9.17) is 9.47 Å². The fraction of sp³-hybridized carbons (Fsp3) is 0.133. The number of hydrogen-bond acceptors (Lipinski definition) is 5. The van der Waals surface area contributed by atoms with Gasteiger partial charge in [-0.2, -0.15) is 0 Å². The summed E-state index contributed by atoms with van der Waals surface area (Å²) in [6.45, 7) is -0.00320. The minimum atomic E-state index is -0.587. The van der Waals surface area contributed by atoms with Crippen molar-refractivity contribution in [1.82, 2.24) is 0 Å². The lowest BCUT2D eigenvalue weighted by atomic mass is 10.0. The number of carbonyl (C=O) groups excluding carboxylic acids is 1. The van der Waals surface area contributed by atoms with Crippen LogP contribution in [0.3, 0.4) is 0 Å². The Morgan fingerprint density at radius 2 is 1.90 bits per heavy atom. The second kappa shape index (κ2) is 6.62. The van der Waals surface area contributed by atoms with Crippen molar-refractivity contribution in [3.05, 3.63) is 69.8 Å². The Labute approximate surface area is 121 Å². The zero-order valence-corrected chi connectivity index (χ0v) is 11.3. The predicted molar refractivity (Wildman–Crippen MR) is 75.5 cm³/mol. The van der Waals surface area contributed by atoms with Crippen LogP contribution in [-0.4, -0.2) is 24.6 Å². The first-order chi connectivity index (χ1) is 10.1. The van der Waals surface area contributed by atoms with Gasteiger partial charge in [0.1, 0.15) is 11.3 Å². The SMILES string of the molecule is COCOc1ccc([N+](=O)[O-])c(C(=O)c2ccccc2)c1. The number of nitro groups is 1. The van der Waals surface area contributed by atoms with Crippen molar-refractivity contribution in [3.8, 4) is 5.75 Å². The lowest BCUT2D eigenvalue weighted by molar-refractivity contribution is -0.385. The molecule has 0 aromatic heterocycles. The normalized spacial score (nSPS) is 10.1. The van der Waals surface area contributed by atoms with Crippen LogP contribution in [-0.2, 0) is 4.74 Å². The maximum atomic E-state index is 12.4. The number of carbonyl (C=O) groups is 1. The molecule has 2 aromatic carbocycles. The van der Waals surface area contributed by atoms with Crippen LogP contribution in [0.2, 0.25) is 0 Å². The predicted octanol–water partition coefficient (Wildman–Crippen LogP) is 2.81. The van der Waals surface area contributed by atoms with Crippen molar-refractivity contribution >= 4 is 11.5 Å². The number of rotatable bonds is 6. The van der Waals surface area contributed by atoms with Gasteiger partial charge in [0.25, 0.3) is 5.69 Å². The van der Waals surface area contributed by atoms with Crippen molar-refractivity contribution in [2.45, 2.75) is 0 Å². The molecule has 108 valence electrons. The number of nitrogens with zero attached hydrogens (tertiary/aromatic N) is 1. The van der Waals surface area contributed by atoms with Crippen LogP contribution < -0.4 is 4.74 Å². The Hall–Kier alpha value is -2.73. The van der Waals surface area contributed by atoms with Crippen molar-refractivity contribution < 1.29 is 19.2 Å². The molecule has 0 amide bonds. The summed E-state index contributed by atoms with van der Waals surface area (Å²) in [6.07, 6.45) is 0. The quantitative estimate of drug-likeness (QED) is 0.353. The fourth-order valence-corrected chi connectivity index (χ4v) is 1.82. The Morgan fingerprint density at radius 1 is 1.19 bits per heavy atom. The van der Waals surface area contributed by atoms with Gasteiger partial charge in [-0.05, 0) is 12.1 Å². The molecular weight excluding hydrogens is 274 g/mol. The van der Waals surface area contributed by atoms with E-state index in [0.717, 1.165) is 0 Å². The highest BCUT2D eigenvalue weighted by atomic mass is 16.7. The van der Waals surface area contributed by atoms with E-state index < -0.39 is 10.7 Å². The number of ether oxygens (including phenoxy) is 2. The second-order valence-corrected chi connectivity index (χ2v) is 4.18. The van der Waals surface area contributed by atoms with Gasteiger partial charge in [0, 0.05) is 18.7 Å². The first-order valence-electron chi connectivity index (χ1n) is 6.13. The van der Waals surface area contributed by atoms with E-state index in [1.807, 2.05) is 0 Å². The van der Waals surface area contributed by atoms with Gasteiger partial charge in [0.15, 0.2) is 12.6 Å². The summed E-state index contributed by atoms with van der Waals surface area (Å²) in [4.78, 5) is 22.9. The molecule has 0 saturated carbocycles. The van der Waals surface area contributed by atoms with E-state index in [1.165, 1.54) is 25.3 Å². The topological polar surface area (TPSA) is 78.7 Å². The van der Waals surface area contributed by atoms with E-state index in [-0.39, 0.29) is 18.0 Å². The van der Waals surface area contributed by atoms with Crippen LogP contribution in [0.4, 0.5) is 5.69 Å². The Bertz CT molecular complexity index is 654. The summed E-state index contributed by atoms with van der Waals surface area (Å²) < 4.78 is 9.99. The highest BCUT2D eigenvalue weighted by molar-refractivity contribution is 6.11. The van der Waals surface area contributed by atoms with Crippen molar-refractivity contribution in [1.29, 1.82) is 0 Å². The third kappa shape index (κ3) is 3.43. The van der Waals surface area contributed by atoms with Gasteiger partial charge in [-0.15, -0.1) is 0 Å². The number of ketones is 1. The molecule has 21 heavy (non-hydrogen) atoms. The molecular formula is C15H13NO5. The van der Waals surface area contributed by atoms with Crippen molar-refractivity contribution in [2.24, 2.45) is 0 Å². The summed E-state index contributed by atoms with van der Waals surface area (Å²) in [5.41, 5.74) is 0.109. The summed E-state index contributed by atoms with van der Waals surface area (Å²) in [5, 5.41) is 11.1. The molecule has 0 N–H and O–H groups in total. The zero-order valence-electron chi connectivity index (χ0n) is 11.3. The number of benzene rings is 2. The maximum absolute atomic E-state index is 12.4. The monoisotopic (exact) mass is 287 g/mol. The molecule has 0 spiro atoms. The van der Waals surface area contributed by atoms with Gasteiger partial charge in [-0.3, -0.25) is 14.9 Å². The van der Waals surface area contributed by atoms with Gasteiger partial charge in [-0.25, -0.2) is 0 Å². The largest absolute Gasteiger partial charge is 0.468 e. The van der Waals surface area contributed by atoms with E-state index in [0.29, 0.717) is 11.3 Å². The fourth-order valence-electron chi connectivity index (χ4n) is 1.82. The van der Waals surface area contributed by atoms with Gasteiger partial charge >= 0.3 is 0 Å². The van der Waals surface area contributed by atoms with Gasteiger partial charge in [0.2, 0.25) is 0 Å². The Kier molecular flexibility index (Phi) is 4.63. The Morgan fingerprint density at radius 3 is 2.52 bits per heavy atom. The van der Waals surface area contributed by atoms with Gasteiger partial charge in [0.05, 0.1) is 4.92 Å². The lowest BCUT2D eigenvalue weighted by Crippen LogP contribution is -2.07. The second-order valence-electron chi connectivity index (χ2n) is 4.18. The lowest BCUT2D eigenvalue weighted by Gasteiger charge is -2.07. The molecule has 0 aliphatic rings. The highest BCUT2D eigenvalue weighted by Gasteiger charge is 2.22.